The summed E-state index contributed by atoms with van der Waals surface area (Å²) in [6.07, 6.45) is -0.600. The summed E-state index contributed by atoms with van der Waals surface area (Å²) in [5.74, 6) is -1.11. The lowest BCUT2D eigenvalue weighted by molar-refractivity contribution is -0.305. The summed E-state index contributed by atoms with van der Waals surface area (Å²) in [6, 6.07) is 5.05. The summed E-state index contributed by atoms with van der Waals surface area (Å²) in [5, 5.41) is 13.7. The van der Waals surface area contributed by atoms with Crippen LogP contribution in [0.4, 0.5) is 0 Å². The third-order valence-corrected chi connectivity index (χ3v) is 3.97. The molecule has 0 saturated heterocycles. The number of aliphatic carboxylic acids is 1. The molecular weight excluding hydrogens is 326 g/mol. The number of hydrogen-bond donors (Lipinski definition) is 1. The Balaban J connectivity index is 2.04. The number of carboxylic acid groups (broad SMARTS) is 1. The molecule has 0 radical (unpaired) electrons. The summed E-state index contributed by atoms with van der Waals surface area (Å²) in [5.41, 5.74) is 1.40. The van der Waals surface area contributed by atoms with Crippen LogP contribution in [0.15, 0.2) is 27.4 Å². The average Bonchev–Trinajstić information content (AvgIpc) is 2.56. The van der Waals surface area contributed by atoms with Gasteiger partial charge in [0.05, 0.1) is 0 Å². The molecule has 7 heteroatoms. The van der Waals surface area contributed by atoms with Gasteiger partial charge in [0.15, 0.2) is 6.10 Å². The molecule has 1 amide bonds. The molecule has 25 heavy (non-hydrogen) atoms. The van der Waals surface area contributed by atoms with Gasteiger partial charge in [0, 0.05) is 29.5 Å². The number of ether oxygens (including phenoxy) is 1. The Hall–Kier alpha value is -2.83. The highest BCUT2D eigenvalue weighted by molar-refractivity contribution is 5.83. The first-order chi connectivity index (χ1) is 11.8. The summed E-state index contributed by atoms with van der Waals surface area (Å²) in [7, 11) is 0. The Morgan fingerprint density at radius 1 is 1.28 bits per heavy atom. The topological polar surface area (TPSA) is 109 Å². The molecule has 0 bridgehead atoms. The minimum absolute atomic E-state index is 0.113. The van der Waals surface area contributed by atoms with Gasteiger partial charge >= 0.3 is 5.63 Å². The van der Waals surface area contributed by atoms with E-state index in [1.165, 1.54) is 0 Å². The van der Waals surface area contributed by atoms with Crippen molar-refractivity contribution in [1.82, 2.24) is 5.32 Å². The molecule has 0 fully saturated rings. The van der Waals surface area contributed by atoms with Crippen molar-refractivity contribution in [2.75, 3.05) is 6.54 Å². The largest absolute Gasteiger partial charge is 0.550 e. The fourth-order valence-electron chi connectivity index (χ4n) is 2.35. The van der Waals surface area contributed by atoms with Crippen LogP contribution in [0.2, 0.25) is 0 Å². The van der Waals surface area contributed by atoms with Crippen LogP contribution >= 0.6 is 0 Å². The number of amides is 1. The van der Waals surface area contributed by atoms with Crippen LogP contribution < -0.4 is 20.8 Å². The number of aryl methyl sites for hydroxylation is 1. The van der Waals surface area contributed by atoms with Gasteiger partial charge < -0.3 is 24.4 Å². The summed E-state index contributed by atoms with van der Waals surface area (Å²) < 4.78 is 10.8. The van der Waals surface area contributed by atoms with Crippen LogP contribution in [0, 0.1) is 13.8 Å². The van der Waals surface area contributed by atoms with Crippen molar-refractivity contribution in [2.24, 2.45) is 0 Å². The normalized spacial score (nSPS) is 12.0. The number of carboxylic acids is 1. The third-order valence-electron chi connectivity index (χ3n) is 3.97. The molecule has 2 rings (SSSR count). The number of carbonyl (C=O) groups is 2. The molecule has 0 aliphatic rings. The minimum Gasteiger partial charge on any atom is -0.550 e. The maximum atomic E-state index is 11.9. The Bertz CT molecular complexity index is 855. The highest BCUT2D eigenvalue weighted by Gasteiger charge is 2.15. The second-order valence-corrected chi connectivity index (χ2v) is 5.82. The zero-order valence-corrected chi connectivity index (χ0v) is 14.4. The summed E-state index contributed by atoms with van der Waals surface area (Å²) in [6.45, 7) is 5.36. The lowest BCUT2D eigenvalue weighted by atomic mass is 10.1. The Kier molecular flexibility index (Phi) is 5.80. The lowest BCUT2D eigenvalue weighted by Gasteiger charge is -2.15. The first-order valence-electron chi connectivity index (χ1n) is 7.98. The van der Waals surface area contributed by atoms with Crippen molar-refractivity contribution in [3.63, 3.8) is 0 Å². The maximum Gasteiger partial charge on any atom is 0.339 e. The summed E-state index contributed by atoms with van der Waals surface area (Å²) >= 11 is 0. The molecule has 2 aromatic rings. The SMILES string of the molecule is Cc1c(C)c2ccc(O[C@H](C)C(=O)NCCCC(=O)[O-])cc2oc1=O. The number of nitrogens with one attached hydrogen (secondary N) is 1. The maximum absolute atomic E-state index is 11.9. The van der Waals surface area contributed by atoms with E-state index in [1.54, 1.807) is 32.0 Å². The molecule has 7 nitrogen and oxygen atoms in total. The third kappa shape index (κ3) is 4.59. The molecule has 0 unspecified atom stereocenters. The van der Waals surface area contributed by atoms with E-state index in [2.05, 4.69) is 5.32 Å². The van der Waals surface area contributed by atoms with Gasteiger partial charge in [-0.1, -0.05) is 0 Å². The monoisotopic (exact) mass is 346 g/mol. The molecule has 1 N–H and O–H groups in total. The Morgan fingerprint density at radius 3 is 2.68 bits per heavy atom. The van der Waals surface area contributed by atoms with Crippen LogP contribution in [0.5, 0.6) is 5.75 Å². The second kappa shape index (κ2) is 7.83. The van der Waals surface area contributed by atoms with Crippen molar-refractivity contribution in [3.05, 3.63) is 39.7 Å². The van der Waals surface area contributed by atoms with Crippen molar-refractivity contribution < 1.29 is 23.8 Å². The highest BCUT2D eigenvalue weighted by atomic mass is 16.5. The van der Waals surface area contributed by atoms with Gasteiger partial charge in [0.2, 0.25) is 0 Å². The zero-order chi connectivity index (χ0) is 18.6. The molecule has 1 heterocycles. The van der Waals surface area contributed by atoms with Crippen LogP contribution in [-0.2, 0) is 9.59 Å². The van der Waals surface area contributed by atoms with E-state index in [0.29, 0.717) is 23.3 Å². The quantitative estimate of drug-likeness (QED) is 0.587. The predicted molar refractivity (Wildman–Crippen MR) is 89.3 cm³/mol. The van der Waals surface area contributed by atoms with Crippen LogP contribution in [0.3, 0.4) is 0 Å². The fraction of sp³-hybridized carbons (Fsp3) is 0.389. The Labute approximate surface area is 144 Å². The van der Waals surface area contributed by atoms with Gasteiger partial charge in [0.1, 0.15) is 11.3 Å². The molecule has 0 spiro atoms. The summed E-state index contributed by atoms with van der Waals surface area (Å²) in [4.78, 5) is 34.0. The van der Waals surface area contributed by atoms with Crippen molar-refractivity contribution in [3.8, 4) is 5.75 Å². The second-order valence-electron chi connectivity index (χ2n) is 5.82. The number of benzene rings is 1. The van der Waals surface area contributed by atoms with Crippen molar-refractivity contribution >= 4 is 22.8 Å². The van der Waals surface area contributed by atoms with Gasteiger partial charge in [-0.3, -0.25) is 4.79 Å². The number of carbonyl (C=O) groups excluding carboxylic acids is 2. The molecule has 134 valence electrons. The van der Waals surface area contributed by atoms with Gasteiger partial charge in [-0.05, 0) is 51.3 Å². The first kappa shape index (κ1) is 18.5. The zero-order valence-electron chi connectivity index (χ0n) is 14.4. The molecule has 1 aromatic carbocycles. The van der Waals surface area contributed by atoms with E-state index in [0.717, 1.165) is 10.9 Å². The van der Waals surface area contributed by atoms with Gasteiger partial charge in [-0.25, -0.2) is 4.79 Å². The molecule has 0 saturated carbocycles. The van der Waals surface area contributed by atoms with E-state index >= 15 is 0 Å². The number of hydrogen-bond acceptors (Lipinski definition) is 6. The standard InChI is InChI=1S/C18H21NO6/c1-10-11(2)18(23)25-15-9-13(6-7-14(10)15)24-12(3)17(22)19-8-4-5-16(20)21/h6-7,9,12H,4-5,8H2,1-3H3,(H,19,22)(H,20,21)/p-1/t12-/m1/s1. The van der Waals surface area contributed by atoms with Crippen LogP contribution in [0.1, 0.15) is 30.9 Å². The van der Waals surface area contributed by atoms with Crippen molar-refractivity contribution in [1.29, 1.82) is 0 Å². The first-order valence-corrected chi connectivity index (χ1v) is 7.98. The smallest absolute Gasteiger partial charge is 0.339 e. The fourth-order valence-corrected chi connectivity index (χ4v) is 2.35. The molecular formula is C18H20NO6-. The molecule has 1 atom stereocenters. The highest BCUT2D eigenvalue weighted by Crippen LogP contribution is 2.24. The van der Waals surface area contributed by atoms with Crippen LogP contribution in [-0.4, -0.2) is 24.5 Å². The van der Waals surface area contributed by atoms with Gasteiger partial charge in [-0.15, -0.1) is 0 Å². The molecule has 1 aromatic heterocycles. The van der Waals surface area contributed by atoms with Gasteiger partial charge in [0.25, 0.3) is 5.91 Å². The number of fused-ring (bicyclic) bond motifs is 1. The molecule has 0 aliphatic carbocycles. The predicted octanol–water partition coefficient (Wildman–Crippen LogP) is 0.823. The average molecular weight is 346 g/mol. The van der Waals surface area contributed by atoms with Crippen molar-refractivity contribution in [2.45, 2.75) is 39.7 Å². The van der Waals surface area contributed by atoms with Gasteiger partial charge in [-0.2, -0.15) is 0 Å². The lowest BCUT2D eigenvalue weighted by Crippen LogP contribution is -2.37. The van der Waals surface area contributed by atoms with E-state index in [9.17, 15) is 19.5 Å². The van der Waals surface area contributed by atoms with E-state index in [4.69, 9.17) is 9.15 Å². The van der Waals surface area contributed by atoms with E-state index < -0.39 is 17.7 Å². The van der Waals surface area contributed by atoms with E-state index in [1.807, 2.05) is 6.92 Å². The molecule has 0 aliphatic heterocycles. The minimum atomic E-state index is -1.15. The van der Waals surface area contributed by atoms with Crippen LogP contribution in [0.25, 0.3) is 11.0 Å². The van der Waals surface area contributed by atoms with E-state index in [-0.39, 0.29) is 18.9 Å². The number of rotatable bonds is 7. The Morgan fingerprint density at radius 2 is 2.00 bits per heavy atom.